The third-order valence-corrected chi connectivity index (χ3v) is 5.14. The zero-order valence-electron chi connectivity index (χ0n) is 12.8. The van der Waals surface area contributed by atoms with Gasteiger partial charge in [-0.1, -0.05) is 23.2 Å². The first-order chi connectivity index (χ1) is 11.1. The van der Waals surface area contributed by atoms with Gasteiger partial charge in [0, 0.05) is 12.7 Å². The summed E-state index contributed by atoms with van der Waals surface area (Å²) in [6.07, 6.45) is 0. The summed E-state index contributed by atoms with van der Waals surface area (Å²) < 4.78 is 29.6. The van der Waals surface area contributed by atoms with Crippen LogP contribution < -0.4 is 15.2 Å². The van der Waals surface area contributed by atoms with Crippen LogP contribution in [0, 0.1) is 0 Å². The third-order valence-electron chi connectivity index (χ3n) is 3.39. The lowest BCUT2D eigenvalue weighted by atomic mass is 10.2. The Morgan fingerprint density at radius 3 is 2.50 bits per heavy atom. The first kappa shape index (κ1) is 18.6. The minimum atomic E-state index is -3.93. The van der Waals surface area contributed by atoms with Crippen LogP contribution in [0.25, 0.3) is 0 Å². The van der Waals surface area contributed by atoms with E-state index in [0.717, 1.165) is 6.07 Å². The van der Waals surface area contributed by atoms with Gasteiger partial charge in [0.05, 0.1) is 29.1 Å². The van der Waals surface area contributed by atoms with Gasteiger partial charge in [0.25, 0.3) is 5.91 Å². The molecule has 0 saturated carbocycles. The molecule has 0 unspecified atom stereocenters. The van der Waals surface area contributed by atoms with Gasteiger partial charge in [-0.2, -0.15) is 0 Å². The van der Waals surface area contributed by atoms with Crippen molar-refractivity contribution in [2.45, 2.75) is 11.4 Å². The van der Waals surface area contributed by atoms with Crippen LogP contribution in [0.15, 0.2) is 29.2 Å². The Morgan fingerprint density at radius 2 is 2.00 bits per heavy atom. The Labute approximate surface area is 149 Å². The maximum Gasteiger partial charge on any atom is 0.255 e. The van der Waals surface area contributed by atoms with Crippen molar-refractivity contribution in [1.29, 1.82) is 0 Å². The summed E-state index contributed by atoms with van der Waals surface area (Å²) in [7, 11) is -0.854. The largest absolute Gasteiger partial charge is 0.496 e. The van der Waals surface area contributed by atoms with E-state index in [4.69, 9.17) is 33.1 Å². The molecule has 2 rings (SSSR count). The minimum absolute atomic E-state index is 0.0513. The smallest absolute Gasteiger partial charge is 0.255 e. The van der Waals surface area contributed by atoms with E-state index in [-0.39, 0.29) is 22.8 Å². The molecule has 0 fully saturated rings. The molecule has 3 N–H and O–H groups in total. The van der Waals surface area contributed by atoms with Crippen LogP contribution in [0.5, 0.6) is 5.75 Å². The number of hydrogen-bond donors (Lipinski definition) is 2. The molecule has 0 aliphatic rings. The van der Waals surface area contributed by atoms with Gasteiger partial charge >= 0.3 is 0 Å². The van der Waals surface area contributed by atoms with Crippen LogP contribution in [-0.4, -0.2) is 26.0 Å². The van der Waals surface area contributed by atoms with Gasteiger partial charge < -0.3 is 14.6 Å². The number of nitrogens with zero attached hydrogens (tertiary/aromatic N) is 1. The molecule has 0 radical (unpaired) electrons. The van der Waals surface area contributed by atoms with E-state index < -0.39 is 15.9 Å². The highest BCUT2D eigenvalue weighted by Crippen LogP contribution is 2.25. The predicted molar refractivity (Wildman–Crippen MR) is 91.0 cm³/mol. The number of nitrogens with two attached hydrogens (primary N) is 1. The van der Waals surface area contributed by atoms with Gasteiger partial charge in [-0.05, 0) is 24.3 Å². The second kappa shape index (κ2) is 7.02. The first-order valence-electron chi connectivity index (χ1n) is 6.63. The number of sulfonamides is 1. The van der Waals surface area contributed by atoms with Gasteiger partial charge in [0.1, 0.15) is 10.9 Å². The standard InChI is InChI=1S/C14H15Cl2N3O4S/c1-19-8(5-11(15)13(19)16)7-18-14(20)10-6-9(24(17,21)22)3-4-12(10)23-2/h3-6H,7H2,1-2H3,(H,18,20)(H2,17,21,22). The molecule has 2 aromatic rings. The van der Waals surface area contributed by atoms with Gasteiger partial charge in [-0.25, -0.2) is 13.6 Å². The van der Waals surface area contributed by atoms with Gasteiger partial charge in [0.15, 0.2) is 0 Å². The number of primary sulfonamides is 1. The monoisotopic (exact) mass is 391 g/mol. The Kier molecular flexibility index (Phi) is 5.44. The lowest BCUT2D eigenvalue weighted by molar-refractivity contribution is 0.0947. The molecular formula is C14H15Cl2N3O4S. The number of methoxy groups -OCH3 is 1. The van der Waals surface area contributed by atoms with E-state index >= 15 is 0 Å². The maximum atomic E-state index is 12.4. The van der Waals surface area contributed by atoms with E-state index in [9.17, 15) is 13.2 Å². The summed E-state index contributed by atoms with van der Waals surface area (Å²) in [4.78, 5) is 12.2. The quantitative estimate of drug-likeness (QED) is 0.811. The molecule has 0 spiro atoms. The van der Waals surface area contributed by atoms with Crippen molar-refractivity contribution >= 4 is 39.1 Å². The molecule has 1 aromatic carbocycles. The fourth-order valence-corrected chi connectivity index (χ4v) is 3.02. The Bertz CT molecular complexity index is 894. The fourth-order valence-electron chi connectivity index (χ4n) is 2.07. The van der Waals surface area contributed by atoms with Crippen LogP contribution in [0.3, 0.4) is 0 Å². The first-order valence-corrected chi connectivity index (χ1v) is 8.94. The minimum Gasteiger partial charge on any atom is -0.496 e. The molecular weight excluding hydrogens is 377 g/mol. The highest BCUT2D eigenvalue weighted by Gasteiger charge is 2.18. The number of ether oxygens (including phenoxy) is 1. The number of benzene rings is 1. The molecule has 1 aromatic heterocycles. The zero-order valence-corrected chi connectivity index (χ0v) is 15.2. The molecule has 24 heavy (non-hydrogen) atoms. The highest BCUT2D eigenvalue weighted by atomic mass is 35.5. The second-order valence-corrected chi connectivity index (χ2v) is 7.25. The SMILES string of the molecule is COc1ccc(S(N)(=O)=O)cc1C(=O)NCc1cc(Cl)c(Cl)n1C. The van der Waals surface area contributed by atoms with Gasteiger partial charge in [0.2, 0.25) is 10.0 Å². The highest BCUT2D eigenvalue weighted by molar-refractivity contribution is 7.89. The van der Waals surface area contributed by atoms with Crippen LogP contribution in [0.1, 0.15) is 16.1 Å². The summed E-state index contributed by atoms with van der Waals surface area (Å²) in [5, 5.41) is 8.47. The van der Waals surface area contributed by atoms with Crippen molar-refractivity contribution in [1.82, 2.24) is 9.88 Å². The van der Waals surface area contributed by atoms with E-state index in [0.29, 0.717) is 15.9 Å². The Hall–Kier alpha value is -1.74. The van der Waals surface area contributed by atoms with Crippen molar-refractivity contribution < 1.29 is 17.9 Å². The molecule has 1 heterocycles. The normalized spacial score (nSPS) is 11.4. The number of carbonyl (C=O) groups is 1. The number of carbonyl (C=O) groups excluding carboxylic acids is 1. The number of nitrogens with one attached hydrogen (secondary N) is 1. The molecule has 0 aliphatic heterocycles. The number of amides is 1. The summed E-state index contributed by atoms with van der Waals surface area (Å²) >= 11 is 11.9. The van der Waals surface area contributed by atoms with E-state index in [1.54, 1.807) is 17.7 Å². The predicted octanol–water partition coefficient (Wildman–Crippen LogP) is 1.92. The lowest BCUT2D eigenvalue weighted by Gasteiger charge is -2.11. The van der Waals surface area contributed by atoms with Crippen LogP contribution >= 0.6 is 23.2 Å². The number of halogens is 2. The molecule has 7 nitrogen and oxygen atoms in total. The summed E-state index contributed by atoms with van der Waals surface area (Å²) in [6, 6.07) is 5.42. The van der Waals surface area contributed by atoms with Gasteiger partial charge in [-0.15, -0.1) is 0 Å². The van der Waals surface area contributed by atoms with Crippen molar-refractivity contribution in [2.24, 2.45) is 12.2 Å². The van der Waals surface area contributed by atoms with Crippen molar-refractivity contribution in [3.05, 3.63) is 45.7 Å². The van der Waals surface area contributed by atoms with E-state index in [2.05, 4.69) is 5.32 Å². The van der Waals surface area contributed by atoms with Crippen molar-refractivity contribution in [3.8, 4) is 5.75 Å². The van der Waals surface area contributed by atoms with Crippen LogP contribution in [0.4, 0.5) is 0 Å². The summed E-state index contributed by atoms with van der Waals surface area (Å²) in [6.45, 7) is 0.143. The van der Waals surface area contributed by atoms with Crippen molar-refractivity contribution in [2.75, 3.05) is 7.11 Å². The molecule has 0 atom stereocenters. The maximum absolute atomic E-state index is 12.4. The van der Waals surface area contributed by atoms with Crippen LogP contribution in [-0.2, 0) is 23.6 Å². The second-order valence-electron chi connectivity index (χ2n) is 4.92. The van der Waals surface area contributed by atoms with E-state index in [1.165, 1.54) is 19.2 Å². The third kappa shape index (κ3) is 3.84. The summed E-state index contributed by atoms with van der Waals surface area (Å²) in [5.41, 5.74) is 0.732. The Balaban J connectivity index is 2.27. The summed E-state index contributed by atoms with van der Waals surface area (Å²) in [5.74, 6) is -0.298. The number of aromatic nitrogens is 1. The average Bonchev–Trinajstić information content (AvgIpc) is 2.78. The molecule has 10 heteroatoms. The molecule has 0 saturated heterocycles. The number of rotatable bonds is 5. The molecule has 0 bridgehead atoms. The lowest BCUT2D eigenvalue weighted by Crippen LogP contribution is -2.25. The Morgan fingerprint density at radius 1 is 1.33 bits per heavy atom. The topological polar surface area (TPSA) is 103 Å². The molecule has 0 aliphatic carbocycles. The van der Waals surface area contributed by atoms with Crippen molar-refractivity contribution in [3.63, 3.8) is 0 Å². The molecule has 130 valence electrons. The zero-order chi connectivity index (χ0) is 18.1. The van der Waals surface area contributed by atoms with E-state index in [1.807, 2.05) is 0 Å². The number of hydrogen-bond acceptors (Lipinski definition) is 4. The fraction of sp³-hybridized carbons (Fsp3) is 0.214. The van der Waals surface area contributed by atoms with Gasteiger partial charge in [-0.3, -0.25) is 4.79 Å². The molecule has 1 amide bonds. The van der Waals surface area contributed by atoms with Crippen LogP contribution in [0.2, 0.25) is 10.2 Å². The average molecular weight is 392 g/mol.